The number of ether oxygens (including phenoxy) is 1. The topological polar surface area (TPSA) is 98.1 Å². The van der Waals surface area contributed by atoms with Gasteiger partial charge in [0.25, 0.3) is 5.92 Å². The highest BCUT2D eigenvalue weighted by atomic mass is 19.3. The first-order valence-corrected chi connectivity index (χ1v) is 10.7. The first-order chi connectivity index (χ1) is 15.4. The van der Waals surface area contributed by atoms with E-state index in [-0.39, 0.29) is 24.4 Å². The third-order valence-electron chi connectivity index (χ3n) is 6.15. The first-order valence-electron chi connectivity index (χ1n) is 10.7. The Morgan fingerprint density at radius 1 is 1.31 bits per heavy atom. The minimum Gasteiger partial charge on any atom is -0.496 e. The van der Waals surface area contributed by atoms with E-state index >= 15 is 0 Å². The van der Waals surface area contributed by atoms with Gasteiger partial charge in [0.2, 0.25) is 0 Å². The lowest BCUT2D eigenvalue weighted by atomic mass is 9.85. The zero-order valence-corrected chi connectivity index (χ0v) is 18.1. The summed E-state index contributed by atoms with van der Waals surface area (Å²) in [5.74, 6) is -2.45. The van der Waals surface area contributed by atoms with Gasteiger partial charge in [-0.15, -0.1) is 0 Å². The molecule has 3 atom stereocenters. The fourth-order valence-corrected chi connectivity index (χ4v) is 4.42. The molecule has 3 N–H and O–H groups in total. The molecule has 10 heteroatoms. The van der Waals surface area contributed by atoms with Gasteiger partial charge in [0.1, 0.15) is 17.6 Å². The lowest BCUT2D eigenvalue weighted by Crippen LogP contribution is -2.47. The van der Waals surface area contributed by atoms with E-state index in [4.69, 9.17) is 10.00 Å². The van der Waals surface area contributed by atoms with Gasteiger partial charge in [0.05, 0.1) is 44.2 Å². The Labute approximate surface area is 186 Å². The highest BCUT2D eigenvalue weighted by molar-refractivity contribution is 5.43. The molecule has 1 aromatic heterocycles. The number of nitrogens with one attached hydrogen (secondary N) is 3. The van der Waals surface area contributed by atoms with Crippen molar-refractivity contribution in [3.63, 3.8) is 0 Å². The lowest BCUT2D eigenvalue weighted by Gasteiger charge is -2.38. The number of hydrazine groups is 1. The number of methoxy groups -OCH3 is 1. The molecule has 0 amide bonds. The number of nitrogens with zero attached hydrogens (tertiary/aromatic N) is 4. The van der Waals surface area contributed by atoms with Crippen LogP contribution in [0.15, 0.2) is 30.6 Å². The van der Waals surface area contributed by atoms with Gasteiger partial charge >= 0.3 is 0 Å². The Hall–Kier alpha value is -2.87. The van der Waals surface area contributed by atoms with Crippen molar-refractivity contribution in [1.82, 2.24) is 25.7 Å². The Morgan fingerprint density at radius 2 is 2.16 bits per heavy atom. The summed E-state index contributed by atoms with van der Waals surface area (Å²) in [6, 6.07) is 7.28. The molecule has 0 bridgehead atoms. The monoisotopic (exact) mass is 443 g/mol. The van der Waals surface area contributed by atoms with Crippen molar-refractivity contribution in [1.29, 1.82) is 5.26 Å². The second kappa shape index (κ2) is 9.32. The smallest absolute Gasteiger partial charge is 0.267 e. The molecule has 2 aliphatic rings. The molecule has 2 aliphatic heterocycles. The largest absolute Gasteiger partial charge is 0.496 e. The van der Waals surface area contributed by atoms with E-state index < -0.39 is 11.8 Å². The summed E-state index contributed by atoms with van der Waals surface area (Å²) >= 11 is 0. The summed E-state index contributed by atoms with van der Waals surface area (Å²) in [5, 5.41) is 12.0. The van der Waals surface area contributed by atoms with Gasteiger partial charge in [-0.1, -0.05) is 19.1 Å². The van der Waals surface area contributed by atoms with E-state index in [2.05, 4.69) is 26.1 Å². The van der Waals surface area contributed by atoms with Gasteiger partial charge < -0.3 is 10.1 Å². The van der Waals surface area contributed by atoms with Gasteiger partial charge in [-0.3, -0.25) is 4.90 Å². The molecule has 1 aromatic carbocycles. The molecular weight excluding hydrogens is 416 g/mol. The maximum Gasteiger partial charge on any atom is 0.267 e. The summed E-state index contributed by atoms with van der Waals surface area (Å²) in [7, 11) is 1.56. The summed E-state index contributed by atoms with van der Waals surface area (Å²) in [5.41, 5.74) is 8.14. The van der Waals surface area contributed by atoms with Crippen molar-refractivity contribution >= 4 is 5.82 Å². The summed E-state index contributed by atoms with van der Waals surface area (Å²) in [4.78, 5) is 9.96. The number of anilines is 1. The van der Waals surface area contributed by atoms with Crippen LogP contribution in [0.2, 0.25) is 0 Å². The third-order valence-corrected chi connectivity index (χ3v) is 6.15. The minimum atomic E-state index is -2.77. The number of benzene rings is 1. The van der Waals surface area contributed by atoms with Crippen LogP contribution in [-0.2, 0) is 0 Å². The van der Waals surface area contributed by atoms with Crippen molar-refractivity contribution in [2.75, 3.05) is 32.1 Å². The number of alkyl halides is 2. The van der Waals surface area contributed by atoms with Crippen LogP contribution in [0.25, 0.3) is 0 Å². The van der Waals surface area contributed by atoms with Gasteiger partial charge in [-0.05, 0) is 31.1 Å². The molecule has 8 nitrogen and oxygen atoms in total. The van der Waals surface area contributed by atoms with Crippen LogP contribution >= 0.6 is 0 Å². The minimum absolute atomic E-state index is 0.0784. The van der Waals surface area contributed by atoms with Crippen molar-refractivity contribution in [3.8, 4) is 11.8 Å². The maximum atomic E-state index is 14.8. The normalized spacial score (nSPS) is 25.3. The van der Waals surface area contributed by atoms with E-state index in [0.717, 1.165) is 5.56 Å². The summed E-state index contributed by atoms with van der Waals surface area (Å²) < 4.78 is 35.2. The standard InChI is InChI=1S/C22H27F2N7O/c1-3-31-7-6-17(22(23,24)13-31)14-4-5-16(19(8-14)32-2)18-9-20(30-29-18)28-21-12-26-15(10-25)11-27-21/h4-5,8,11-12,17-18,20,29-30H,3,6-7,9,13H2,1-2H3,(H,27,28). The highest BCUT2D eigenvalue weighted by Gasteiger charge is 2.45. The molecule has 32 heavy (non-hydrogen) atoms. The first kappa shape index (κ1) is 22.3. The molecule has 2 aromatic rings. The number of likely N-dealkylation sites (tertiary alicyclic amines) is 1. The number of hydrogen-bond donors (Lipinski definition) is 3. The molecule has 0 radical (unpaired) electrons. The average Bonchev–Trinajstić information content (AvgIpc) is 3.26. The molecule has 0 spiro atoms. The number of nitriles is 1. The molecule has 0 aliphatic carbocycles. The van der Waals surface area contributed by atoms with Crippen LogP contribution < -0.4 is 20.9 Å². The maximum absolute atomic E-state index is 14.8. The van der Waals surface area contributed by atoms with Gasteiger partial charge in [-0.2, -0.15) is 5.26 Å². The third kappa shape index (κ3) is 4.65. The molecule has 2 fully saturated rings. The predicted octanol–water partition coefficient (Wildman–Crippen LogP) is 2.78. The molecule has 4 rings (SSSR count). The van der Waals surface area contributed by atoms with E-state index in [1.54, 1.807) is 24.1 Å². The number of aromatic nitrogens is 2. The second-order valence-electron chi connectivity index (χ2n) is 8.15. The Balaban J connectivity index is 1.46. The number of piperidine rings is 1. The van der Waals surface area contributed by atoms with Crippen molar-refractivity contribution < 1.29 is 13.5 Å². The molecule has 0 saturated carbocycles. The Kier molecular flexibility index (Phi) is 6.50. The molecule has 2 saturated heterocycles. The van der Waals surface area contributed by atoms with E-state index in [1.807, 2.05) is 19.1 Å². The lowest BCUT2D eigenvalue weighted by molar-refractivity contribution is -0.0815. The number of rotatable bonds is 6. The fraction of sp³-hybridized carbons (Fsp3) is 0.500. The highest BCUT2D eigenvalue weighted by Crippen LogP contribution is 2.42. The van der Waals surface area contributed by atoms with E-state index in [0.29, 0.717) is 43.1 Å². The summed E-state index contributed by atoms with van der Waals surface area (Å²) in [6.45, 7) is 3.00. The average molecular weight is 444 g/mol. The quantitative estimate of drug-likeness (QED) is 0.627. The van der Waals surface area contributed by atoms with Crippen LogP contribution in [-0.4, -0.2) is 53.7 Å². The Bertz CT molecular complexity index is 979. The van der Waals surface area contributed by atoms with E-state index in [9.17, 15) is 8.78 Å². The van der Waals surface area contributed by atoms with Crippen LogP contribution in [0, 0.1) is 11.3 Å². The molecule has 3 unspecified atom stereocenters. The van der Waals surface area contributed by atoms with E-state index in [1.165, 1.54) is 12.4 Å². The Morgan fingerprint density at radius 3 is 2.81 bits per heavy atom. The predicted molar refractivity (Wildman–Crippen MR) is 115 cm³/mol. The number of halogens is 2. The zero-order valence-electron chi connectivity index (χ0n) is 18.1. The van der Waals surface area contributed by atoms with Gasteiger partial charge in [0.15, 0.2) is 5.69 Å². The van der Waals surface area contributed by atoms with Gasteiger partial charge in [-0.25, -0.2) is 29.6 Å². The summed E-state index contributed by atoms with van der Waals surface area (Å²) in [6.07, 6.45) is 3.87. The van der Waals surface area contributed by atoms with Crippen LogP contribution in [0.1, 0.15) is 48.5 Å². The zero-order chi connectivity index (χ0) is 22.7. The number of hydrogen-bond acceptors (Lipinski definition) is 8. The van der Waals surface area contributed by atoms with Crippen molar-refractivity contribution in [2.45, 2.75) is 43.8 Å². The van der Waals surface area contributed by atoms with Crippen molar-refractivity contribution in [2.24, 2.45) is 0 Å². The van der Waals surface area contributed by atoms with Crippen LogP contribution in [0.4, 0.5) is 14.6 Å². The SMILES string of the molecule is CCN1CCC(c2ccc(C3CC(Nc4cnc(C#N)cn4)NN3)c(OC)c2)C(F)(F)C1. The molecule has 170 valence electrons. The fourth-order valence-electron chi connectivity index (χ4n) is 4.42. The second-order valence-corrected chi connectivity index (χ2v) is 8.15. The van der Waals surface area contributed by atoms with Crippen molar-refractivity contribution in [3.05, 3.63) is 47.4 Å². The molecular formula is C22H27F2N7O. The molecule has 3 heterocycles. The van der Waals surface area contributed by atoms with Crippen LogP contribution in [0.5, 0.6) is 5.75 Å². The van der Waals surface area contributed by atoms with Crippen LogP contribution in [0.3, 0.4) is 0 Å². The van der Waals surface area contributed by atoms with Gasteiger partial charge in [0, 0.05) is 12.0 Å².